The van der Waals surface area contributed by atoms with Crippen LogP contribution in [-0.2, 0) is 6.54 Å². The molecule has 0 aliphatic rings. The van der Waals surface area contributed by atoms with E-state index in [1.54, 1.807) is 24.4 Å². The SMILES string of the molecule is Cc1ccc(NC(=O)c2ccnc(NCc3ccccc3C)n2)cc1Cl. The van der Waals surface area contributed by atoms with E-state index in [-0.39, 0.29) is 11.6 Å². The Morgan fingerprint density at radius 3 is 2.65 bits per heavy atom. The summed E-state index contributed by atoms with van der Waals surface area (Å²) >= 11 is 6.09. The molecule has 1 heterocycles. The molecule has 2 N–H and O–H groups in total. The van der Waals surface area contributed by atoms with Crippen LogP contribution in [0, 0.1) is 13.8 Å². The molecule has 3 aromatic rings. The molecule has 26 heavy (non-hydrogen) atoms. The largest absolute Gasteiger partial charge is 0.350 e. The molecule has 0 aliphatic carbocycles. The average Bonchev–Trinajstić information content (AvgIpc) is 2.64. The third-order valence-electron chi connectivity index (χ3n) is 4.02. The summed E-state index contributed by atoms with van der Waals surface area (Å²) in [5, 5.41) is 6.55. The van der Waals surface area contributed by atoms with Gasteiger partial charge in [0.2, 0.25) is 5.95 Å². The Morgan fingerprint density at radius 2 is 1.88 bits per heavy atom. The Morgan fingerprint density at radius 1 is 1.08 bits per heavy atom. The number of carbonyl (C=O) groups excluding carboxylic acids is 1. The molecule has 0 saturated carbocycles. The van der Waals surface area contributed by atoms with Crippen molar-refractivity contribution in [3.8, 4) is 0 Å². The summed E-state index contributed by atoms with van der Waals surface area (Å²) in [6.45, 7) is 4.55. The van der Waals surface area contributed by atoms with Gasteiger partial charge >= 0.3 is 0 Å². The van der Waals surface area contributed by atoms with Gasteiger partial charge < -0.3 is 10.6 Å². The van der Waals surface area contributed by atoms with E-state index >= 15 is 0 Å². The van der Waals surface area contributed by atoms with Crippen LogP contribution in [0.5, 0.6) is 0 Å². The molecule has 3 rings (SSSR count). The Bertz CT molecular complexity index is 943. The number of nitrogens with one attached hydrogen (secondary N) is 2. The van der Waals surface area contributed by atoms with Gasteiger partial charge in [-0.05, 0) is 48.7 Å². The first kappa shape index (κ1) is 17.9. The quantitative estimate of drug-likeness (QED) is 0.691. The number of hydrogen-bond acceptors (Lipinski definition) is 4. The van der Waals surface area contributed by atoms with Gasteiger partial charge in [-0.15, -0.1) is 0 Å². The van der Waals surface area contributed by atoms with E-state index in [0.717, 1.165) is 11.1 Å². The summed E-state index contributed by atoms with van der Waals surface area (Å²) in [6, 6.07) is 15.0. The zero-order chi connectivity index (χ0) is 18.5. The second-order valence-electron chi connectivity index (χ2n) is 5.96. The molecule has 6 heteroatoms. The third kappa shape index (κ3) is 4.37. The molecule has 0 fully saturated rings. The summed E-state index contributed by atoms with van der Waals surface area (Å²) in [7, 11) is 0. The highest BCUT2D eigenvalue weighted by molar-refractivity contribution is 6.31. The van der Waals surface area contributed by atoms with Gasteiger partial charge in [-0.25, -0.2) is 9.97 Å². The van der Waals surface area contributed by atoms with Crippen LogP contribution in [0.2, 0.25) is 5.02 Å². The number of anilines is 2. The van der Waals surface area contributed by atoms with Crippen LogP contribution < -0.4 is 10.6 Å². The van der Waals surface area contributed by atoms with Gasteiger partial charge in [0, 0.05) is 23.5 Å². The van der Waals surface area contributed by atoms with E-state index in [0.29, 0.717) is 23.2 Å². The van der Waals surface area contributed by atoms with Crippen molar-refractivity contribution in [3.05, 3.63) is 82.1 Å². The van der Waals surface area contributed by atoms with Gasteiger partial charge in [0.05, 0.1) is 0 Å². The first-order valence-electron chi connectivity index (χ1n) is 8.22. The Kier molecular flexibility index (Phi) is 5.49. The lowest BCUT2D eigenvalue weighted by atomic mass is 10.1. The van der Waals surface area contributed by atoms with E-state index in [2.05, 4.69) is 33.6 Å². The maximum Gasteiger partial charge on any atom is 0.274 e. The molecular weight excluding hydrogens is 348 g/mol. The van der Waals surface area contributed by atoms with Crippen LogP contribution in [0.3, 0.4) is 0 Å². The van der Waals surface area contributed by atoms with Crippen molar-refractivity contribution in [2.24, 2.45) is 0 Å². The van der Waals surface area contributed by atoms with Crippen LogP contribution in [0.15, 0.2) is 54.7 Å². The number of amides is 1. The van der Waals surface area contributed by atoms with Gasteiger partial charge in [-0.3, -0.25) is 4.79 Å². The summed E-state index contributed by atoms with van der Waals surface area (Å²) < 4.78 is 0. The molecule has 5 nitrogen and oxygen atoms in total. The highest BCUT2D eigenvalue weighted by Gasteiger charge is 2.10. The predicted octanol–water partition coefficient (Wildman–Crippen LogP) is 4.61. The van der Waals surface area contributed by atoms with Crippen LogP contribution in [0.25, 0.3) is 0 Å². The van der Waals surface area contributed by atoms with E-state index in [4.69, 9.17) is 11.6 Å². The number of aryl methyl sites for hydroxylation is 2. The van der Waals surface area contributed by atoms with Crippen LogP contribution >= 0.6 is 11.6 Å². The van der Waals surface area contributed by atoms with E-state index in [9.17, 15) is 4.79 Å². The second-order valence-corrected chi connectivity index (χ2v) is 6.37. The predicted molar refractivity (Wildman–Crippen MR) is 105 cm³/mol. The first-order valence-corrected chi connectivity index (χ1v) is 8.59. The maximum absolute atomic E-state index is 12.4. The van der Waals surface area contributed by atoms with Gasteiger partial charge in [-0.1, -0.05) is 41.9 Å². The van der Waals surface area contributed by atoms with Crippen LogP contribution in [-0.4, -0.2) is 15.9 Å². The van der Waals surface area contributed by atoms with Crippen molar-refractivity contribution in [3.63, 3.8) is 0 Å². The molecular formula is C20H19ClN4O. The fraction of sp³-hybridized carbons (Fsp3) is 0.150. The molecule has 0 atom stereocenters. The number of carbonyl (C=O) groups is 1. The summed E-state index contributed by atoms with van der Waals surface area (Å²) in [4.78, 5) is 20.9. The molecule has 1 amide bonds. The summed E-state index contributed by atoms with van der Waals surface area (Å²) in [6.07, 6.45) is 1.56. The number of benzene rings is 2. The lowest BCUT2D eigenvalue weighted by molar-refractivity contribution is 0.102. The number of aromatic nitrogens is 2. The number of rotatable bonds is 5. The topological polar surface area (TPSA) is 66.9 Å². The lowest BCUT2D eigenvalue weighted by Gasteiger charge is -2.09. The molecule has 132 valence electrons. The first-order chi connectivity index (χ1) is 12.5. The minimum absolute atomic E-state index is 0.281. The number of halogens is 1. The van der Waals surface area contributed by atoms with Crippen molar-refractivity contribution in [2.45, 2.75) is 20.4 Å². The number of hydrogen-bond donors (Lipinski definition) is 2. The Hall–Kier alpha value is -2.92. The van der Waals surface area contributed by atoms with Gasteiger partial charge in [0.25, 0.3) is 5.91 Å². The lowest BCUT2D eigenvalue weighted by Crippen LogP contribution is -2.15. The Balaban J connectivity index is 1.69. The molecule has 2 aromatic carbocycles. The fourth-order valence-corrected chi connectivity index (χ4v) is 2.60. The minimum Gasteiger partial charge on any atom is -0.350 e. The van der Waals surface area contributed by atoms with Crippen molar-refractivity contribution < 1.29 is 4.79 Å². The van der Waals surface area contributed by atoms with E-state index < -0.39 is 0 Å². The Labute approximate surface area is 157 Å². The molecule has 0 aliphatic heterocycles. The second kappa shape index (κ2) is 7.97. The smallest absolute Gasteiger partial charge is 0.274 e. The van der Waals surface area contributed by atoms with Crippen molar-refractivity contribution in [2.75, 3.05) is 10.6 Å². The van der Waals surface area contributed by atoms with Crippen LogP contribution in [0.1, 0.15) is 27.2 Å². The van der Waals surface area contributed by atoms with Crippen LogP contribution in [0.4, 0.5) is 11.6 Å². The molecule has 1 aromatic heterocycles. The summed E-state index contributed by atoms with van der Waals surface area (Å²) in [5.41, 5.74) is 4.20. The maximum atomic E-state index is 12.4. The zero-order valence-electron chi connectivity index (χ0n) is 14.6. The molecule has 0 saturated heterocycles. The molecule has 0 bridgehead atoms. The standard InChI is InChI=1S/C20H19ClN4O/c1-13-5-3-4-6-15(13)12-23-20-22-10-9-18(25-20)19(26)24-16-8-7-14(2)17(21)11-16/h3-11H,12H2,1-2H3,(H,24,26)(H,22,23,25). The molecule has 0 spiro atoms. The molecule has 0 radical (unpaired) electrons. The summed E-state index contributed by atoms with van der Waals surface area (Å²) in [5.74, 6) is 0.0918. The van der Waals surface area contributed by atoms with Crippen molar-refractivity contribution in [1.29, 1.82) is 0 Å². The van der Waals surface area contributed by atoms with Gasteiger partial charge in [0.1, 0.15) is 5.69 Å². The van der Waals surface area contributed by atoms with Crippen molar-refractivity contribution in [1.82, 2.24) is 9.97 Å². The normalized spacial score (nSPS) is 10.4. The van der Waals surface area contributed by atoms with Gasteiger partial charge in [-0.2, -0.15) is 0 Å². The highest BCUT2D eigenvalue weighted by Crippen LogP contribution is 2.20. The highest BCUT2D eigenvalue weighted by atomic mass is 35.5. The zero-order valence-corrected chi connectivity index (χ0v) is 15.3. The molecule has 0 unspecified atom stereocenters. The van der Waals surface area contributed by atoms with E-state index in [1.807, 2.05) is 31.2 Å². The van der Waals surface area contributed by atoms with Gasteiger partial charge in [0.15, 0.2) is 0 Å². The monoisotopic (exact) mass is 366 g/mol. The number of nitrogens with zero attached hydrogens (tertiary/aromatic N) is 2. The average molecular weight is 367 g/mol. The third-order valence-corrected chi connectivity index (χ3v) is 4.42. The van der Waals surface area contributed by atoms with E-state index in [1.165, 1.54) is 5.56 Å². The minimum atomic E-state index is -0.314. The van der Waals surface area contributed by atoms with Crippen molar-refractivity contribution >= 4 is 29.1 Å². The fourth-order valence-electron chi connectivity index (χ4n) is 2.42.